The van der Waals surface area contributed by atoms with Crippen LogP contribution in [0.15, 0.2) is 35.2 Å². The summed E-state index contributed by atoms with van der Waals surface area (Å²) in [5, 5.41) is 10.6. The van der Waals surface area contributed by atoms with E-state index >= 15 is 0 Å². The van der Waals surface area contributed by atoms with Crippen molar-refractivity contribution in [3.8, 4) is 0 Å². The van der Waals surface area contributed by atoms with Crippen LogP contribution in [0.25, 0.3) is 0 Å². The summed E-state index contributed by atoms with van der Waals surface area (Å²) in [7, 11) is -1.97. The van der Waals surface area contributed by atoms with Gasteiger partial charge in [0.1, 0.15) is 0 Å². The number of ketones is 1. The van der Waals surface area contributed by atoms with E-state index in [1.54, 1.807) is 0 Å². The smallest absolute Gasteiger partial charge is 0.192 e. The second kappa shape index (κ2) is 8.38. The van der Waals surface area contributed by atoms with Gasteiger partial charge in [-0.3, -0.25) is 4.79 Å². The Kier molecular flexibility index (Phi) is 7.51. The van der Waals surface area contributed by atoms with Crippen LogP contribution in [0.2, 0.25) is 18.1 Å². The number of thioether (sulfide) groups is 1. The molecule has 0 amide bonds. The standard InChI is InChI=1S/C20H34O3SSi/c1-15(23-25(7,8)19(2,3)4)17(21)14-18(22)20(5,6)24-16-12-10-9-11-13-16/h9-13,15,17,21H,14H2,1-8H3/t15-,17-/m0/s1. The Labute approximate surface area is 158 Å². The van der Waals surface area contributed by atoms with Crippen molar-refractivity contribution in [2.75, 3.05) is 0 Å². The molecule has 0 fully saturated rings. The van der Waals surface area contributed by atoms with E-state index in [1.165, 1.54) is 11.8 Å². The first-order chi connectivity index (χ1) is 11.3. The third-order valence-corrected chi connectivity index (χ3v) is 10.8. The Bertz CT molecular complexity index is 564. The van der Waals surface area contributed by atoms with Crippen LogP contribution in [0.5, 0.6) is 0 Å². The number of hydrogen-bond donors (Lipinski definition) is 1. The van der Waals surface area contributed by atoms with Crippen LogP contribution < -0.4 is 0 Å². The van der Waals surface area contributed by atoms with E-state index in [-0.39, 0.29) is 23.3 Å². The molecule has 0 spiro atoms. The van der Waals surface area contributed by atoms with Crippen LogP contribution in [0.4, 0.5) is 0 Å². The van der Waals surface area contributed by atoms with E-state index in [0.717, 1.165) is 4.90 Å². The van der Waals surface area contributed by atoms with Gasteiger partial charge < -0.3 is 9.53 Å². The molecule has 142 valence electrons. The second-order valence-corrected chi connectivity index (χ2v) is 15.2. The lowest BCUT2D eigenvalue weighted by molar-refractivity contribution is -0.123. The summed E-state index contributed by atoms with van der Waals surface area (Å²) >= 11 is 1.53. The highest BCUT2D eigenvalue weighted by molar-refractivity contribution is 8.01. The Morgan fingerprint density at radius 1 is 1.16 bits per heavy atom. The van der Waals surface area contributed by atoms with Crippen LogP contribution in [-0.4, -0.2) is 36.2 Å². The fraction of sp³-hybridized carbons (Fsp3) is 0.650. The van der Waals surface area contributed by atoms with E-state index in [2.05, 4.69) is 33.9 Å². The molecule has 0 aliphatic rings. The van der Waals surface area contributed by atoms with Crippen LogP contribution in [0, 0.1) is 0 Å². The summed E-state index contributed by atoms with van der Waals surface area (Å²) in [6.45, 7) is 16.5. The molecule has 3 nitrogen and oxygen atoms in total. The minimum absolute atomic E-state index is 0.0412. The molecule has 0 unspecified atom stereocenters. The van der Waals surface area contributed by atoms with Gasteiger partial charge in [0.05, 0.1) is 17.0 Å². The summed E-state index contributed by atoms with van der Waals surface area (Å²) in [6.07, 6.45) is -1.01. The zero-order valence-electron chi connectivity index (χ0n) is 16.9. The monoisotopic (exact) mass is 382 g/mol. The summed E-state index contributed by atoms with van der Waals surface area (Å²) in [4.78, 5) is 13.8. The maximum absolute atomic E-state index is 12.7. The number of aliphatic hydroxyl groups is 1. The normalized spacial score (nSPS) is 15.7. The molecule has 0 saturated carbocycles. The molecule has 0 saturated heterocycles. The van der Waals surface area contributed by atoms with Gasteiger partial charge in [0, 0.05) is 11.3 Å². The third-order valence-electron chi connectivity index (χ3n) is 5.01. The molecular weight excluding hydrogens is 348 g/mol. The molecule has 0 aliphatic heterocycles. The predicted octanol–water partition coefficient (Wildman–Crippen LogP) is 5.29. The van der Waals surface area contributed by atoms with Gasteiger partial charge in [-0.15, -0.1) is 11.8 Å². The maximum Gasteiger partial charge on any atom is 0.192 e. The molecular formula is C20H34O3SSi. The van der Waals surface area contributed by atoms with E-state index < -0.39 is 19.2 Å². The largest absolute Gasteiger partial charge is 0.412 e. The lowest BCUT2D eigenvalue weighted by Crippen LogP contribution is -2.47. The Morgan fingerprint density at radius 3 is 2.16 bits per heavy atom. The fourth-order valence-electron chi connectivity index (χ4n) is 2.16. The van der Waals surface area contributed by atoms with E-state index in [9.17, 15) is 9.90 Å². The quantitative estimate of drug-likeness (QED) is 0.490. The Hall–Kier alpha value is -0.623. The van der Waals surface area contributed by atoms with Crippen molar-refractivity contribution in [3.63, 3.8) is 0 Å². The SMILES string of the molecule is C[C@H](O[Si](C)(C)C(C)(C)C)[C@@H](O)CC(=O)C(C)(C)Sc1ccccc1. The molecule has 0 heterocycles. The number of benzene rings is 1. The average molecular weight is 383 g/mol. The third kappa shape index (κ3) is 6.55. The van der Waals surface area contributed by atoms with Crippen LogP contribution in [0.3, 0.4) is 0 Å². The van der Waals surface area contributed by atoms with Gasteiger partial charge in [-0.1, -0.05) is 39.0 Å². The first-order valence-electron chi connectivity index (χ1n) is 8.89. The topological polar surface area (TPSA) is 46.5 Å². The highest BCUT2D eigenvalue weighted by Gasteiger charge is 2.40. The highest BCUT2D eigenvalue weighted by atomic mass is 32.2. The van der Waals surface area contributed by atoms with E-state index in [4.69, 9.17) is 4.43 Å². The van der Waals surface area contributed by atoms with E-state index in [1.807, 2.05) is 51.1 Å². The van der Waals surface area contributed by atoms with Crippen molar-refractivity contribution in [1.82, 2.24) is 0 Å². The van der Waals surface area contributed by atoms with Crippen LogP contribution in [-0.2, 0) is 9.22 Å². The van der Waals surface area contributed by atoms with Gasteiger partial charge in [-0.05, 0) is 51.0 Å². The summed E-state index contributed by atoms with van der Waals surface area (Å²) in [6, 6.07) is 9.89. The van der Waals surface area contributed by atoms with Crippen molar-refractivity contribution in [1.29, 1.82) is 0 Å². The molecule has 1 aromatic rings. The molecule has 0 bridgehead atoms. The highest BCUT2D eigenvalue weighted by Crippen LogP contribution is 2.38. The molecule has 0 aromatic heterocycles. The lowest BCUT2D eigenvalue weighted by Gasteiger charge is -2.39. The molecule has 1 rings (SSSR count). The van der Waals surface area contributed by atoms with Gasteiger partial charge in [0.2, 0.25) is 0 Å². The molecule has 2 atom stereocenters. The van der Waals surface area contributed by atoms with Crippen molar-refractivity contribution < 1.29 is 14.3 Å². The summed E-state index contributed by atoms with van der Waals surface area (Å²) < 4.78 is 5.64. The maximum atomic E-state index is 12.7. The van der Waals surface area contributed by atoms with Crippen LogP contribution in [0.1, 0.15) is 48.0 Å². The minimum atomic E-state index is -1.97. The molecule has 1 N–H and O–H groups in total. The molecule has 25 heavy (non-hydrogen) atoms. The predicted molar refractivity (Wildman–Crippen MR) is 110 cm³/mol. The van der Waals surface area contributed by atoms with Gasteiger partial charge in [0.25, 0.3) is 0 Å². The number of hydrogen-bond acceptors (Lipinski definition) is 4. The molecule has 0 radical (unpaired) electrons. The zero-order chi connectivity index (χ0) is 19.5. The van der Waals surface area contributed by atoms with Crippen LogP contribution >= 0.6 is 11.8 Å². The minimum Gasteiger partial charge on any atom is -0.412 e. The van der Waals surface area contributed by atoms with Gasteiger partial charge in [0.15, 0.2) is 14.1 Å². The van der Waals surface area contributed by atoms with Gasteiger partial charge >= 0.3 is 0 Å². The second-order valence-electron chi connectivity index (χ2n) is 8.70. The number of carbonyl (C=O) groups is 1. The zero-order valence-corrected chi connectivity index (χ0v) is 18.7. The number of aliphatic hydroxyl groups excluding tert-OH is 1. The number of carbonyl (C=O) groups excluding carboxylic acids is 1. The lowest BCUT2D eigenvalue weighted by atomic mass is 10.00. The van der Waals surface area contributed by atoms with E-state index in [0.29, 0.717) is 0 Å². The first-order valence-corrected chi connectivity index (χ1v) is 12.6. The molecule has 0 aliphatic carbocycles. The Balaban J connectivity index is 2.68. The van der Waals surface area contributed by atoms with Gasteiger partial charge in [-0.2, -0.15) is 0 Å². The summed E-state index contributed by atoms with van der Waals surface area (Å²) in [5.74, 6) is 0.0412. The van der Waals surface area contributed by atoms with Crippen molar-refractivity contribution in [2.45, 2.75) is 87.9 Å². The van der Waals surface area contributed by atoms with Crippen molar-refractivity contribution >= 4 is 25.9 Å². The molecule has 5 heteroatoms. The summed E-state index contributed by atoms with van der Waals surface area (Å²) in [5.41, 5.74) is 0. The molecule has 1 aromatic carbocycles. The van der Waals surface area contributed by atoms with Crippen molar-refractivity contribution in [3.05, 3.63) is 30.3 Å². The fourth-order valence-corrected chi connectivity index (χ4v) is 4.68. The van der Waals surface area contributed by atoms with Gasteiger partial charge in [-0.25, -0.2) is 0 Å². The Morgan fingerprint density at radius 2 is 1.68 bits per heavy atom. The average Bonchev–Trinajstić information content (AvgIpc) is 2.45. The van der Waals surface area contributed by atoms with Crippen molar-refractivity contribution in [2.24, 2.45) is 0 Å². The number of Topliss-reactive ketones (excluding diaryl/α,β-unsaturated/α-hetero) is 1. The number of rotatable bonds is 8. The first kappa shape index (κ1) is 22.4.